The van der Waals surface area contributed by atoms with E-state index in [-0.39, 0.29) is 0 Å². The quantitative estimate of drug-likeness (QED) is 0.873. The Morgan fingerprint density at radius 1 is 1.71 bits per heavy atom. The zero-order chi connectivity index (χ0) is 10.1. The van der Waals surface area contributed by atoms with Gasteiger partial charge in [0.15, 0.2) is 0 Å². The zero-order valence-corrected chi connectivity index (χ0v) is 10.6. The molecular weight excluding hydrogens is 289 g/mol. The molecule has 2 rings (SSSR count). The minimum absolute atomic E-state index is 0.448. The number of hydrogen-bond acceptors (Lipinski definition) is 2. The van der Waals surface area contributed by atoms with Crippen molar-refractivity contribution in [3.63, 3.8) is 0 Å². The number of rotatable bonds is 3. The molecule has 0 spiro atoms. The first kappa shape index (κ1) is 10.3. The summed E-state index contributed by atoms with van der Waals surface area (Å²) in [6, 6.07) is 0.448. The van der Waals surface area contributed by atoms with Gasteiger partial charge >= 0.3 is 0 Å². The first-order chi connectivity index (χ1) is 6.68. The maximum atomic E-state index is 5.93. The standard InChI is InChI=1S/C10H16IN3/c1-7(5-8-3-2-4-8)14-10(12)9(11)6-13-14/h6-8H,2-5,12H2,1H3. The molecule has 1 aromatic rings. The van der Waals surface area contributed by atoms with Gasteiger partial charge in [-0.25, -0.2) is 4.68 Å². The Kier molecular flexibility index (Phi) is 2.99. The van der Waals surface area contributed by atoms with Gasteiger partial charge in [0, 0.05) is 0 Å². The molecule has 1 fully saturated rings. The van der Waals surface area contributed by atoms with Gasteiger partial charge in [-0.15, -0.1) is 0 Å². The Morgan fingerprint density at radius 2 is 2.43 bits per heavy atom. The summed E-state index contributed by atoms with van der Waals surface area (Å²) in [5, 5.41) is 4.31. The van der Waals surface area contributed by atoms with Crippen LogP contribution in [0.3, 0.4) is 0 Å². The molecule has 0 radical (unpaired) electrons. The molecule has 4 heteroatoms. The average Bonchev–Trinajstić information content (AvgIpc) is 2.41. The molecule has 1 atom stereocenters. The summed E-state index contributed by atoms with van der Waals surface area (Å²) in [5.74, 6) is 1.73. The topological polar surface area (TPSA) is 43.8 Å². The summed E-state index contributed by atoms with van der Waals surface area (Å²) in [4.78, 5) is 0. The lowest BCUT2D eigenvalue weighted by molar-refractivity contribution is 0.251. The summed E-state index contributed by atoms with van der Waals surface area (Å²) >= 11 is 2.23. The summed E-state index contributed by atoms with van der Waals surface area (Å²) in [6.07, 6.45) is 7.25. The normalized spacial score (nSPS) is 19.3. The Morgan fingerprint density at radius 3 is 2.86 bits per heavy atom. The third-order valence-corrected chi connectivity index (χ3v) is 3.93. The second kappa shape index (κ2) is 4.08. The van der Waals surface area contributed by atoms with Crippen molar-refractivity contribution in [1.29, 1.82) is 0 Å². The number of nitrogens with two attached hydrogens (primary N) is 1. The highest BCUT2D eigenvalue weighted by molar-refractivity contribution is 14.1. The van der Waals surface area contributed by atoms with Crippen LogP contribution in [0.1, 0.15) is 38.6 Å². The Hall–Kier alpha value is -0.260. The van der Waals surface area contributed by atoms with Gasteiger partial charge in [0.2, 0.25) is 0 Å². The molecule has 14 heavy (non-hydrogen) atoms. The van der Waals surface area contributed by atoms with Crippen LogP contribution in [0, 0.1) is 9.49 Å². The molecule has 1 unspecified atom stereocenters. The largest absolute Gasteiger partial charge is 0.383 e. The van der Waals surface area contributed by atoms with Gasteiger partial charge in [0.25, 0.3) is 0 Å². The molecule has 0 bridgehead atoms. The van der Waals surface area contributed by atoms with Gasteiger partial charge in [0.1, 0.15) is 5.82 Å². The van der Waals surface area contributed by atoms with Gasteiger partial charge in [0.05, 0.1) is 15.8 Å². The lowest BCUT2D eigenvalue weighted by Crippen LogP contribution is -2.18. The summed E-state index contributed by atoms with van der Waals surface area (Å²) < 4.78 is 3.02. The number of halogens is 1. The van der Waals surface area contributed by atoms with Gasteiger partial charge in [-0.1, -0.05) is 19.3 Å². The molecule has 2 N–H and O–H groups in total. The van der Waals surface area contributed by atoms with Crippen LogP contribution in [0.2, 0.25) is 0 Å². The summed E-state index contributed by atoms with van der Waals surface area (Å²) in [5.41, 5.74) is 5.93. The Balaban J connectivity index is 2.02. The van der Waals surface area contributed by atoms with Crippen LogP contribution in [-0.4, -0.2) is 9.78 Å². The van der Waals surface area contributed by atoms with E-state index < -0.39 is 0 Å². The van der Waals surface area contributed by atoms with Crippen LogP contribution in [-0.2, 0) is 0 Å². The molecular formula is C10H16IN3. The molecule has 1 saturated carbocycles. The van der Waals surface area contributed by atoms with E-state index >= 15 is 0 Å². The Labute approximate surface area is 98.2 Å². The van der Waals surface area contributed by atoms with Gasteiger partial charge < -0.3 is 5.73 Å². The van der Waals surface area contributed by atoms with Crippen LogP contribution in [0.5, 0.6) is 0 Å². The highest BCUT2D eigenvalue weighted by atomic mass is 127. The van der Waals surface area contributed by atoms with E-state index in [1.807, 2.05) is 10.9 Å². The van der Waals surface area contributed by atoms with Crippen LogP contribution in [0.4, 0.5) is 5.82 Å². The number of nitrogens with zero attached hydrogens (tertiary/aromatic N) is 2. The van der Waals surface area contributed by atoms with Gasteiger partial charge in [-0.3, -0.25) is 0 Å². The van der Waals surface area contributed by atoms with Crippen molar-refractivity contribution < 1.29 is 0 Å². The van der Waals surface area contributed by atoms with Crippen molar-refractivity contribution in [1.82, 2.24) is 9.78 Å². The van der Waals surface area contributed by atoms with Crippen LogP contribution < -0.4 is 5.73 Å². The van der Waals surface area contributed by atoms with Crippen LogP contribution in [0.15, 0.2) is 6.20 Å². The molecule has 1 aliphatic carbocycles. The predicted octanol–water partition coefficient (Wildman–Crippen LogP) is 2.82. The number of nitrogen functional groups attached to an aromatic ring is 1. The van der Waals surface area contributed by atoms with Crippen molar-refractivity contribution in [2.75, 3.05) is 5.73 Å². The van der Waals surface area contributed by atoms with E-state index in [4.69, 9.17) is 5.73 Å². The molecule has 3 nitrogen and oxygen atoms in total. The second-order valence-corrected chi connectivity index (χ2v) is 5.37. The van der Waals surface area contributed by atoms with Crippen LogP contribution in [0.25, 0.3) is 0 Å². The molecule has 0 amide bonds. The summed E-state index contributed by atoms with van der Waals surface area (Å²) in [7, 11) is 0. The maximum absolute atomic E-state index is 5.93. The monoisotopic (exact) mass is 305 g/mol. The maximum Gasteiger partial charge on any atom is 0.135 e. The molecule has 78 valence electrons. The van der Waals surface area contributed by atoms with E-state index in [0.717, 1.165) is 15.3 Å². The van der Waals surface area contributed by atoms with E-state index in [9.17, 15) is 0 Å². The first-order valence-corrected chi connectivity index (χ1v) is 6.25. The first-order valence-electron chi connectivity index (χ1n) is 5.17. The molecule has 1 aromatic heterocycles. The van der Waals surface area contributed by atoms with Crippen molar-refractivity contribution in [2.24, 2.45) is 5.92 Å². The number of anilines is 1. The summed E-state index contributed by atoms with van der Waals surface area (Å²) in [6.45, 7) is 2.21. The zero-order valence-electron chi connectivity index (χ0n) is 8.41. The van der Waals surface area contributed by atoms with Crippen molar-refractivity contribution in [2.45, 2.75) is 38.6 Å². The predicted molar refractivity (Wildman–Crippen MR) is 66.0 cm³/mol. The van der Waals surface area contributed by atoms with Crippen molar-refractivity contribution >= 4 is 28.4 Å². The second-order valence-electron chi connectivity index (χ2n) is 4.20. The third-order valence-electron chi connectivity index (χ3n) is 3.10. The van der Waals surface area contributed by atoms with Crippen LogP contribution >= 0.6 is 22.6 Å². The van der Waals surface area contributed by atoms with E-state index in [0.29, 0.717) is 6.04 Å². The fraction of sp³-hybridized carbons (Fsp3) is 0.700. The smallest absolute Gasteiger partial charge is 0.135 e. The van der Waals surface area contributed by atoms with E-state index in [1.54, 1.807) is 0 Å². The minimum atomic E-state index is 0.448. The van der Waals surface area contributed by atoms with E-state index in [2.05, 4.69) is 34.6 Å². The highest BCUT2D eigenvalue weighted by Crippen LogP contribution is 2.34. The highest BCUT2D eigenvalue weighted by Gasteiger charge is 2.22. The Bertz CT molecular complexity index is 317. The van der Waals surface area contributed by atoms with Gasteiger partial charge in [-0.05, 0) is 41.9 Å². The molecule has 0 saturated heterocycles. The average molecular weight is 305 g/mol. The number of aromatic nitrogens is 2. The number of hydrogen-bond donors (Lipinski definition) is 1. The SMILES string of the molecule is CC(CC1CCC1)n1ncc(I)c1N. The lowest BCUT2D eigenvalue weighted by atomic mass is 9.81. The van der Waals surface area contributed by atoms with Crippen molar-refractivity contribution in [3.05, 3.63) is 9.77 Å². The molecule has 0 aromatic carbocycles. The van der Waals surface area contributed by atoms with E-state index in [1.165, 1.54) is 25.7 Å². The lowest BCUT2D eigenvalue weighted by Gasteiger charge is -2.28. The van der Waals surface area contributed by atoms with Crippen molar-refractivity contribution in [3.8, 4) is 0 Å². The fourth-order valence-corrected chi connectivity index (χ4v) is 2.38. The molecule has 1 heterocycles. The minimum Gasteiger partial charge on any atom is -0.383 e. The third kappa shape index (κ3) is 1.89. The van der Waals surface area contributed by atoms with Gasteiger partial charge in [-0.2, -0.15) is 5.10 Å². The molecule has 0 aliphatic heterocycles. The fourth-order valence-electron chi connectivity index (χ4n) is 2.01. The molecule has 1 aliphatic rings.